The number of benzene rings is 2. The molecule has 1 aliphatic rings. The molecule has 0 spiro atoms. The Balaban J connectivity index is 0.00000207. The molecular formula is C32H41FN8O2. The quantitative estimate of drug-likeness (QED) is 0.204. The minimum atomic E-state index is -0.482. The molecule has 1 unspecified atom stereocenters. The van der Waals surface area contributed by atoms with Gasteiger partial charge in [0, 0.05) is 44.5 Å². The number of ether oxygens (including phenoxy) is 1. The Morgan fingerprint density at radius 2 is 1.81 bits per heavy atom. The highest BCUT2D eigenvalue weighted by Crippen LogP contribution is 2.34. The van der Waals surface area contributed by atoms with Crippen molar-refractivity contribution in [2.45, 2.75) is 48.0 Å². The van der Waals surface area contributed by atoms with Gasteiger partial charge in [-0.2, -0.15) is 5.06 Å². The normalized spacial score (nSPS) is 14.5. The Morgan fingerprint density at radius 3 is 2.53 bits per heavy atom. The second-order valence-corrected chi connectivity index (χ2v) is 10.2. The van der Waals surface area contributed by atoms with Crippen LogP contribution in [0.1, 0.15) is 45.2 Å². The zero-order valence-corrected chi connectivity index (χ0v) is 26.1. The minimum absolute atomic E-state index is 0.256. The third kappa shape index (κ3) is 7.79. The van der Waals surface area contributed by atoms with Gasteiger partial charge in [0.05, 0.1) is 24.7 Å². The van der Waals surface area contributed by atoms with Crippen molar-refractivity contribution in [2.24, 2.45) is 10.9 Å². The fourth-order valence-corrected chi connectivity index (χ4v) is 4.39. The van der Waals surface area contributed by atoms with E-state index in [0.29, 0.717) is 40.2 Å². The van der Waals surface area contributed by atoms with Crippen LogP contribution in [0.15, 0.2) is 47.8 Å². The van der Waals surface area contributed by atoms with Gasteiger partial charge < -0.3 is 19.8 Å². The highest BCUT2D eigenvalue weighted by atomic mass is 19.1. The number of halogens is 1. The summed E-state index contributed by atoms with van der Waals surface area (Å²) in [6.07, 6.45) is 6.03. The molecule has 1 saturated heterocycles. The van der Waals surface area contributed by atoms with E-state index in [-0.39, 0.29) is 5.69 Å². The standard InChI is InChI=1S/C30H35FN8O2.C2H6/c1-6-19(2)16-32-24-14-22(8-7-20(24)3)41-27-15-23(31)25(13-21(27)4)36-29-28-26(34-18-35-29)17-33-30(37-28)38-9-11-39(40-5)12-10-38;1-2/h7-8,13-19H,6,9-12H2,1-5H3,(H,34,35,36);1-2H3. The summed E-state index contributed by atoms with van der Waals surface area (Å²) in [5, 5.41) is 5.00. The monoisotopic (exact) mass is 588 g/mol. The summed E-state index contributed by atoms with van der Waals surface area (Å²) >= 11 is 0. The summed E-state index contributed by atoms with van der Waals surface area (Å²) in [5.74, 6) is 1.87. The predicted molar refractivity (Wildman–Crippen MR) is 171 cm³/mol. The average Bonchev–Trinajstić information content (AvgIpc) is 3.04. The second kappa shape index (κ2) is 14.8. The van der Waals surface area contributed by atoms with E-state index in [1.165, 1.54) is 12.4 Å². The number of anilines is 3. The van der Waals surface area contributed by atoms with Gasteiger partial charge in [-0.3, -0.25) is 4.99 Å². The lowest BCUT2D eigenvalue weighted by Crippen LogP contribution is -2.46. The molecule has 10 nitrogen and oxygen atoms in total. The van der Waals surface area contributed by atoms with Gasteiger partial charge in [-0.25, -0.2) is 24.3 Å². The number of aryl methyl sites for hydroxylation is 2. The van der Waals surface area contributed by atoms with Crippen LogP contribution in [0.25, 0.3) is 11.0 Å². The van der Waals surface area contributed by atoms with Crippen LogP contribution in [-0.4, -0.2) is 64.5 Å². The summed E-state index contributed by atoms with van der Waals surface area (Å²) in [4.78, 5) is 29.9. The third-order valence-electron chi connectivity index (χ3n) is 7.18. The van der Waals surface area contributed by atoms with Crippen LogP contribution >= 0.6 is 0 Å². The van der Waals surface area contributed by atoms with Crippen molar-refractivity contribution in [3.63, 3.8) is 0 Å². The first-order chi connectivity index (χ1) is 20.8. The van der Waals surface area contributed by atoms with Gasteiger partial charge in [0.2, 0.25) is 5.95 Å². The molecule has 1 fully saturated rings. The van der Waals surface area contributed by atoms with Gasteiger partial charge in [0.15, 0.2) is 5.82 Å². The number of hydroxylamine groups is 2. The van der Waals surface area contributed by atoms with Gasteiger partial charge in [-0.05, 0) is 49.4 Å². The molecular weight excluding hydrogens is 547 g/mol. The Morgan fingerprint density at radius 1 is 1.05 bits per heavy atom. The third-order valence-corrected chi connectivity index (χ3v) is 7.18. The molecule has 0 radical (unpaired) electrons. The number of hydrogen-bond donors (Lipinski definition) is 1. The van der Waals surface area contributed by atoms with E-state index in [0.717, 1.165) is 49.4 Å². The lowest BCUT2D eigenvalue weighted by Gasteiger charge is -2.33. The number of piperazine rings is 1. The van der Waals surface area contributed by atoms with E-state index in [2.05, 4.69) is 44.0 Å². The number of nitrogens with zero attached hydrogens (tertiary/aromatic N) is 7. The molecule has 2 aromatic heterocycles. The minimum Gasteiger partial charge on any atom is -0.457 e. The number of rotatable bonds is 9. The van der Waals surface area contributed by atoms with Gasteiger partial charge in [-0.1, -0.05) is 33.8 Å². The van der Waals surface area contributed by atoms with Crippen molar-refractivity contribution in [3.05, 3.63) is 59.8 Å². The number of aromatic nitrogens is 4. The number of nitrogens with one attached hydrogen (secondary N) is 1. The predicted octanol–water partition coefficient (Wildman–Crippen LogP) is 7.17. The molecule has 43 heavy (non-hydrogen) atoms. The van der Waals surface area contributed by atoms with Crippen LogP contribution in [0.3, 0.4) is 0 Å². The molecule has 0 saturated carbocycles. The molecule has 1 atom stereocenters. The van der Waals surface area contributed by atoms with Gasteiger partial charge in [0.1, 0.15) is 34.7 Å². The van der Waals surface area contributed by atoms with E-state index in [9.17, 15) is 0 Å². The molecule has 4 aromatic rings. The Bertz CT molecular complexity index is 1560. The topological polar surface area (TPSA) is 101 Å². The first kappa shape index (κ1) is 31.7. The first-order valence-electron chi connectivity index (χ1n) is 14.8. The maximum atomic E-state index is 15.4. The van der Waals surface area contributed by atoms with E-state index >= 15 is 4.39 Å². The fourth-order valence-electron chi connectivity index (χ4n) is 4.39. The first-order valence-corrected chi connectivity index (χ1v) is 14.8. The SMILES string of the molecule is CC.CCC(C)C=Nc1cc(Oc2cc(F)c(Nc3ncnc4cnc(N5CCN(OC)CC5)nc34)cc2C)ccc1C. The van der Waals surface area contributed by atoms with Crippen LogP contribution in [0.4, 0.5) is 27.5 Å². The van der Waals surface area contributed by atoms with E-state index in [1.807, 2.05) is 57.2 Å². The lowest BCUT2D eigenvalue weighted by atomic mass is 10.1. The number of hydrogen-bond acceptors (Lipinski definition) is 10. The zero-order valence-electron chi connectivity index (χ0n) is 26.1. The van der Waals surface area contributed by atoms with Crippen molar-refractivity contribution >= 4 is 40.4 Å². The average molecular weight is 589 g/mol. The van der Waals surface area contributed by atoms with Gasteiger partial charge >= 0.3 is 0 Å². The van der Waals surface area contributed by atoms with Crippen LogP contribution < -0.4 is 15.0 Å². The van der Waals surface area contributed by atoms with E-state index < -0.39 is 5.82 Å². The van der Waals surface area contributed by atoms with Crippen molar-refractivity contribution in [3.8, 4) is 11.5 Å². The van der Waals surface area contributed by atoms with Crippen molar-refractivity contribution in [1.29, 1.82) is 0 Å². The molecule has 0 amide bonds. The summed E-state index contributed by atoms with van der Waals surface area (Å²) in [6, 6.07) is 8.76. The molecule has 1 aliphatic heterocycles. The Kier molecular flexibility index (Phi) is 10.9. The van der Waals surface area contributed by atoms with E-state index in [4.69, 9.17) is 14.6 Å². The Labute approximate surface area is 253 Å². The summed E-state index contributed by atoms with van der Waals surface area (Å²) in [5.41, 5.74) is 3.95. The second-order valence-electron chi connectivity index (χ2n) is 10.2. The van der Waals surface area contributed by atoms with Gasteiger partial charge in [-0.15, -0.1) is 0 Å². The zero-order chi connectivity index (χ0) is 30.9. The molecule has 11 heteroatoms. The number of fused-ring (bicyclic) bond motifs is 1. The fraction of sp³-hybridized carbons (Fsp3) is 0.406. The van der Waals surface area contributed by atoms with Crippen molar-refractivity contribution < 1.29 is 14.0 Å². The maximum absolute atomic E-state index is 15.4. The van der Waals surface area contributed by atoms with E-state index in [1.54, 1.807) is 19.4 Å². The van der Waals surface area contributed by atoms with Crippen molar-refractivity contribution in [1.82, 2.24) is 25.0 Å². The van der Waals surface area contributed by atoms with Crippen LogP contribution in [0.5, 0.6) is 11.5 Å². The number of aliphatic imine (C=N–C) groups is 1. The van der Waals surface area contributed by atoms with Crippen LogP contribution in [-0.2, 0) is 4.84 Å². The van der Waals surface area contributed by atoms with Crippen LogP contribution in [0, 0.1) is 25.6 Å². The lowest BCUT2D eigenvalue weighted by molar-refractivity contribution is -0.133. The molecule has 5 rings (SSSR count). The molecule has 1 N–H and O–H groups in total. The highest BCUT2D eigenvalue weighted by Gasteiger charge is 2.20. The van der Waals surface area contributed by atoms with Gasteiger partial charge in [0.25, 0.3) is 0 Å². The highest BCUT2D eigenvalue weighted by molar-refractivity contribution is 5.87. The molecule has 3 heterocycles. The molecule has 0 bridgehead atoms. The van der Waals surface area contributed by atoms with Crippen molar-refractivity contribution in [2.75, 3.05) is 43.5 Å². The molecule has 0 aliphatic carbocycles. The summed E-state index contributed by atoms with van der Waals surface area (Å²) < 4.78 is 21.5. The smallest absolute Gasteiger partial charge is 0.226 e. The van der Waals surface area contributed by atoms with Crippen LogP contribution in [0.2, 0.25) is 0 Å². The maximum Gasteiger partial charge on any atom is 0.226 e. The Hall–Kier alpha value is -4.22. The largest absolute Gasteiger partial charge is 0.457 e. The summed E-state index contributed by atoms with van der Waals surface area (Å²) in [6.45, 7) is 15.0. The summed E-state index contributed by atoms with van der Waals surface area (Å²) in [7, 11) is 1.67. The molecule has 2 aromatic carbocycles. The molecule has 228 valence electrons.